The molecule has 1 saturated heterocycles. The van der Waals surface area contributed by atoms with Gasteiger partial charge in [-0.25, -0.2) is 0 Å². The van der Waals surface area contributed by atoms with Gasteiger partial charge in [-0.3, -0.25) is 4.79 Å². The highest BCUT2D eigenvalue weighted by Gasteiger charge is 2.20. The summed E-state index contributed by atoms with van der Waals surface area (Å²) in [5.74, 6) is 1.14. The molecule has 1 amide bonds. The summed E-state index contributed by atoms with van der Waals surface area (Å²) in [4.78, 5) is 14.4. The zero-order chi connectivity index (χ0) is 12.4. The van der Waals surface area contributed by atoms with Crippen LogP contribution in [0.3, 0.4) is 0 Å². The summed E-state index contributed by atoms with van der Waals surface area (Å²) >= 11 is 0. The minimum absolute atomic E-state index is 0.183. The fourth-order valence-electron chi connectivity index (χ4n) is 2.77. The predicted molar refractivity (Wildman–Crippen MR) is 70.0 cm³/mol. The number of hydrogen-bond donors (Lipinski definition) is 0. The van der Waals surface area contributed by atoms with Crippen LogP contribution in [0.4, 0.5) is 0 Å². The second kappa shape index (κ2) is 5.01. The average molecular weight is 245 g/mol. The number of hydrogen-bond acceptors (Lipinski definition) is 2. The molecule has 2 aliphatic heterocycles. The summed E-state index contributed by atoms with van der Waals surface area (Å²) in [6, 6.07) is 5.87. The number of piperidine rings is 1. The van der Waals surface area contributed by atoms with Crippen molar-refractivity contribution >= 4 is 5.91 Å². The fourth-order valence-corrected chi connectivity index (χ4v) is 2.77. The summed E-state index contributed by atoms with van der Waals surface area (Å²) in [7, 11) is 0. The Kier molecular flexibility index (Phi) is 3.22. The predicted octanol–water partition coefficient (Wildman–Crippen LogP) is 2.64. The number of benzene rings is 1. The molecule has 96 valence electrons. The second-order valence-electron chi connectivity index (χ2n) is 5.13. The van der Waals surface area contributed by atoms with Crippen LogP contribution in [0.1, 0.15) is 41.6 Å². The Morgan fingerprint density at radius 3 is 2.78 bits per heavy atom. The lowest BCUT2D eigenvalue weighted by molar-refractivity contribution is 0.0724. The molecule has 0 atom stereocenters. The minimum Gasteiger partial charge on any atom is -0.493 e. The number of amides is 1. The number of ether oxygens (including phenoxy) is 1. The SMILES string of the molecule is O=C(c1ccc2c(c1)CCCO2)N1CCCCC1. The standard InChI is InChI=1S/C15H19NO2/c17-15(16-8-2-1-3-9-16)13-6-7-14-12(11-13)5-4-10-18-14/h6-7,11H,1-5,8-10H2. The Bertz CT molecular complexity index is 450. The number of fused-ring (bicyclic) bond motifs is 1. The van der Waals surface area contributed by atoms with Crippen molar-refractivity contribution in [1.29, 1.82) is 0 Å². The molecule has 3 nitrogen and oxygen atoms in total. The highest BCUT2D eigenvalue weighted by atomic mass is 16.5. The van der Waals surface area contributed by atoms with Crippen LogP contribution in [0.5, 0.6) is 5.75 Å². The molecule has 2 heterocycles. The van der Waals surface area contributed by atoms with Crippen molar-refractivity contribution in [1.82, 2.24) is 4.90 Å². The van der Waals surface area contributed by atoms with E-state index in [9.17, 15) is 4.79 Å². The molecule has 0 radical (unpaired) electrons. The summed E-state index contributed by atoms with van der Waals surface area (Å²) in [6.45, 7) is 2.62. The van der Waals surface area contributed by atoms with E-state index in [0.29, 0.717) is 0 Å². The summed E-state index contributed by atoms with van der Waals surface area (Å²) in [6.07, 6.45) is 5.60. The molecule has 0 N–H and O–H groups in total. The quantitative estimate of drug-likeness (QED) is 0.761. The van der Waals surface area contributed by atoms with E-state index in [4.69, 9.17) is 4.74 Å². The van der Waals surface area contributed by atoms with E-state index in [2.05, 4.69) is 0 Å². The van der Waals surface area contributed by atoms with Crippen LogP contribution in [0.2, 0.25) is 0 Å². The van der Waals surface area contributed by atoms with Gasteiger partial charge in [0.25, 0.3) is 5.91 Å². The summed E-state index contributed by atoms with van der Waals surface area (Å²) < 4.78 is 5.58. The van der Waals surface area contributed by atoms with Crippen molar-refractivity contribution in [3.63, 3.8) is 0 Å². The fraction of sp³-hybridized carbons (Fsp3) is 0.533. The Hall–Kier alpha value is -1.51. The molecule has 0 bridgehead atoms. The maximum Gasteiger partial charge on any atom is 0.253 e. The molecule has 0 unspecified atom stereocenters. The first kappa shape index (κ1) is 11.6. The summed E-state index contributed by atoms with van der Waals surface area (Å²) in [5.41, 5.74) is 2.00. The van der Waals surface area contributed by atoms with Gasteiger partial charge in [-0.1, -0.05) is 0 Å². The van der Waals surface area contributed by atoms with E-state index in [1.807, 2.05) is 23.1 Å². The molecular weight excluding hydrogens is 226 g/mol. The Morgan fingerprint density at radius 1 is 1.11 bits per heavy atom. The third-order valence-electron chi connectivity index (χ3n) is 3.80. The van der Waals surface area contributed by atoms with Crippen molar-refractivity contribution < 1.29 is 9.53 Å². The van der Waals surface area contributed by atoms with Crippen LogP contribution in [0.15, 0.2) is 18.2 Å². The Labute approximate surface area is 108 Å². The molecule has 1 fully saturated rings. The van der Waals surface area contributed by atoms with Crippen LogP contribution >= 0.6 is 0 Å². The molecule has 1 aromatic carbocycles. The first-order valence-corrected chi connectivity index (χ1v) is 6.89. The van der Waals surface area contributed by atoms with Gasteiger partial charge in [-0.05, 0) is 55.9 Å². The lowest BCUT2D eigenvalue weighted by Crippen LogP contribution is -2.35. The lowest BCUT2D eigenvalue weighted by Gasteiger charge is -2.27. The molecule has 18 heavy (non-hydrogen) atoms. The van der Waals surface area contributed by atoms with Crippen molar-refractivity contribution in [2.45, 2.75) is 32.1 Å². The van der Waals surface area contributed by atoms with Crippen LogP contribution in [0.25, 0.3) is 0 Å². The smallest absolute Gasteiger partial charge is 0.253 e. The first-order valence-electron chi connectivity index (χ1n) is 6.89. The third-order valence-corrected chi connectivity index (χ3v) is 3.80. The van der Waals surface area contributed by atoms with Crippen molar-refractivity contribution in [3.05, 3.63) is 29.3 Å². The normalized spacial score (nSPS) is 19.0. The number of nitrogens with zero attached hydrogens (tertiary/aromatic N) is 1. The molecule has 0 aromatic heterocycles. The zero-order valence-corrected chi connectivity index (χ0v) is 10.7. The molecule has 3 rings (SSSR count). The molecular formula is C15H19NO2. The average Bonchev–Trinajstić information content (AvgIpc) is 2.47. The molecule has 0 spiro atoms. The number of carbonyl (C=O) groups is 1. The van der Waals surface area contributed by atoms with Gasteiger partial charge in [-0.15, -0.1) is 0 Å². The number of rotatable bonds is 1. The number of likely N-dealkylation sites (tertiary alicyclic amines) is 1. The summed E-state index contributed by atoms with van der Waals surface area (Å²) in [5, 5.41) is 0. The Morgan fingerprint density at radius 2 is 1.94 bits per heavy atom. The highest BCUT2D eigenvalue weighted by Crippen LogP contribution is 2.26. The van der Waals surface area contributed by atoms with E-state index in [0.717, 1.165) is 56.7 Å². The molecule has 2 aliphatic rings. The van der Waals surface area contributed by atoms with Gasteiger partial charge in [0.05, 0.1) is 6.61 Å². The van der Waals surface area contributed by atoms with Gasteiger partial charge in [-0.2, -0.15) is 0 Å². The Balaban J connectivity index is 1.80. The van der Waals surface area contributed by atoms with Crippen LogP contribution in [-0.4, -0.2) is 30.5 Å². The third kappa shape index (κ3) is 2.22. The van der Waals surface area contributed by atoms with Gasteiger partial charge in [0.15, 0.2) is 0 Å². The van der Waals surface area contributed by atoms with Crippen LogP contribution in [0, 0.1) is 0 Å². The number of aryl methyl sites for hydroxylation is 1. The first-order chi connectivity index (χ1) is 8.84. The minimum atomic E-state index is 0.183. The van der Waals surface area contributed by atoms with Gasteiger partial charge in [0.2, 0.25) is 0 Å². The van der Waals surface area contributed by atoms with E-state index in [1.165, 1.54) is 12.0 Å². The molecule has 1 aromatic rings. The van der Waals surface area contributed by atoms with Crippen LogP contribution in [-0.2, 0) is 6.42 Å². The number of carbonyl (C=O) groups excluding carboxylic acids is 1. The van der Waals surface area contributed by atoms with Gasteiger partial charge in [0.1, 0.15) is 5.75 Å². The molecule has 3 heteroatoms. The van der Waals surface area contributed by atoms with Gasteiger partial charge >= 0.3 is 0 Å². The maximum atomic E-state index is 12.4. The van der Waals surface area contributed by atoms with Crippen molar-refractivity contribution in [2.24, 2.45) is 0 Å². The lowest BCUT2D eigenvalue weighted by atomic mass is 10.0. The van der Waals surface area contributed by atoms with Crippen LogP contribution < -0.4 is 4.74 Å². The van der Waals surface area contributed by atoms with E-state index < -0.39 is 0 Å². The van der Waals surface area contributed by atoms with E-state index in [-0.39, 0.29) is 5.91 Å². The van der Waals surface area contributed by atoms with Gasteiger partial charge < -0.3 is 9.64 Å². The highest BCUT2D eigenvalue weighted by molar-refractivity contribution is 5.94. The zero-order valence-electron chi connectivity index (χ0n) is 10.7. The van der Waals surface area contributed by atoms with E-state index >= 15 is 0 Å². The van der Waals surface area contributed by atoms with E-state index in [1.54, 1.807) is 0 Å². The second-order valence-corrected chi connectivity index (χ2v) is 5.13. The monoisotopic (exact) mass is 245 g/mol. The maximum absolute atomic E-state index is 12.4. The van der Waals surface area contributed by atoms with Crippen molar-refractivity contribution in [3.8, 4) is 5.75 Å². The largest absolute Gasteiger partial charge is 0.493 e. The van der Waals surface area contributed by atoms with Crippen molar-refractivity contribution in [2.75, 3.05) is 19.7 Å². The molecule has 0 aliphatic carbocycles. The molecule has 0 saturated carbocycles. The van der Waals surface area contributed by atoms with Gasteiger partial charge in [0, 0.05) is 18.7 Å². The topological polar surface area (TPSA) is 29.5 Å².